The minimum Gasteiger partial charge on any atom is -0.377 e. The van der Waals surface area contributed by atoms with Gasteiger partial charge in [-0.05, 0) is 32.6 Å². The monoisotopic (exact) mass is 344 g/mol. The van der Waals surface area contributed by atoms with E-state index in [-0.39, 0.29) is 6.54 Å². The Morgan fingerprint density at radius 1 is 1.42 bits per heavy atom. The Morgan fingerprint density at radius 3 is 2.83 bits per heavy atom. The van der Waals surface area contributed by atoms with Gasteiger partial charge < -0.3 is 15.4 Å². The largest absolute Gasteiger partial charge is 0.377 e. The number of alkyl halides is 2. The summed E-state index contributed by atoms with van der Waals surface area (Å²) in [5.41, 5.74) is 1.42. The van der Waals surface area contributed by atoms with Crippen molar-refractivity contribution in [1.29, 1.82) is 0 Å². The number of hydrogen-bond donors (Lipinski definition) is 2. The van der Waals surface area contributed by atoms with E-state index in [9.17, 15) is 8.78 Å². The maximum absolute atomic E-state index is 12.4. The van der Waals surface area contributed by atoms with Crippen LogP contribution >= 0.6 is 0 Å². The predicted octanol–water partition coefficient (Wildman–Crippen LogP) is 2.01. The maximum atomic E-state index is 12.4. The van der Waals surface area contributed by atoms with Crippen LogP contribution < -0.4 is 10.6 Å². The molecule has 0 radical (unpaired) electrons. The van der Waals surface area contributed by atoms with Crippen LogP contribution in [0.5, 0.6) is 0 Å². The molecular formula is C17H30F2N4O. The number of nitrogens with zero attached hydrogens (tertiary/aromatic N) is 2. The number of likely N-dealkylation sites (tertiary alicyclic amines) is 1. The molecule has 0 spiro atoms. The van der Waals surface area contributed by atoms with Crippen LogP contribution in [0.25, 0.3) is 0 Å². The Bertz CT molecular complexity index is 421. The van der Waals surface area contributed by atoms with Crippen molar-refractivity contribution in [2.75, 3.05) is 45.9 Å². The zero-order valence-electron chi connectivity index (χ0n) is 14.6. The second kappa shape index (κ2) is 10.6. The Balaban J connectivity index is 1.74. The molecule has 2 aliphatic rings. The molecule has 0 aromatic carbocycles. The molecule has 1 fully saturated rings. The van der Waals surface area contributed by atoms with Crippen molar-refractivity contribution < 1.29 is 13.5 Å². The average molecular weight is 344 g/mol. The maximum Gasteiger partial charge on any atom is 0.251 e. The van der Waals surface area contributed by atoms with Crippen molar-refractivity contribution >= 4 is 5.96 Å². The van der Waals surface area contributed by atoms with Gasteiger partial charge in [0.25, 0.3) is 6.43 Å². The van der Waals surface area contributed by atoms with Gasteiger partial charge in [-0.1, -0.05) is 11.6 Å². The number of piperidine rings is 1. The molecule has 7 heteroatoms. The quantitative estimate of drug-likeness (QED) is 0.421. The van der Waals surface area contributed by atoms with Gasteiger partial charge >= 0.3 is 0 Å². The van der Waals surface area contributed by atoms with E-state index in [0.29, 0.717) is 25.7 Å². The lowest BCUT2D eigenvalue weighted by Crippen LogP contribution is -2.49. The number of rotatable bonds is 7. The van der Waals surface area contributed by atoms with Gasteiger partial charge in [0.15, 0.2) is 5.96 Å². The highest BCUT2D eigenvalue weighted by atomic mass is 19.3. The summed E-state index contributed by atoms with van der Waals surface area (Å²) in [6.07, 6.45) is 3.62. The lowest BCUT2D eigenvalue weighted by Gasteiger charge is -2.32. The van der Waals surface area contributed by atoms with E-state index in [1.165, 1.54) is 5.57 Å². The fraction of sp³-hybridized carbons (Fsp3) is 0.824. The van der Waals surface area contributed by atoms with Crippen LogP contribution in [0.3, 0.4) is 0 Å². The van der Waals surface area contributed by atoms with Gasteiger partial charge in [0.05, 0.1) is 19.8 Å². The van der Waals surface area contributed by atoms with Crippen molar-refractivity contribution in [2.24, 2.45) is 4.99 Å². The first-order chi connectivity index (χ1) is 11.7. The number of aliphatic imine (C=N–C) groups is 1. The summed E-state index contributed by atoms with van der Waals surface area (Å²) < 4.78 is 30.2. The van der Waals surface area contributed by atoms with Gasteiger partial charge in [0, 0.05) is 32.2 Å². The van der Waals surface area contributed by atoms with Crippen molar-refractivity contribution in [1.82, 2.24) is 15.5 Å². The summed E-state index contributed by atoms with van der Waals surface area (Å²) in [6, 6.07) is 0.305. The molecule has 0 bridgehead atoms. The third-order valence-corrected chi connectivity index (χ3v) is 4.43. The summed E-state index contributed by atoms with van der Waals surface area (Å²) in [5.74, 6) is 0.831. The zero-order valence-corrected chi connectivity index (χ0v) is 14.6. The second-order valence-electron chi connectivity index (χ2n) is 6.31. The molecule has 2 aliphatic heterocycles. The van der Waals surface area contributed by atoms with Gasteiger partial charge in [0.1, 0.15) is 0 Å². The average Bonchev–Trinajstić information content (AvgIpc) is 2.57. The van der Waals surface area contributed by atoms with Crippen LogP contribution in [-0.2, 0) is 4.74 Å². The molecule has 24 heavy (non-hydrogen) atoms. The first-order valence-corrected chi connectivity index (χ1v) is 8.98. The number of nitrogens with one attached hydrogen (secondary N) is 2. The van der Waals surface area contributed by atoms with E-state index in [4.69, 9.17) is 4.74 Å². The Hall–Kier alpha value is -1.21. The van der Waals surface area contributed by atoms with Gasteiger partial charge in [-0.3, -0.25) is 9.89 Å². The van der Waals surface area contributed by atoms with Gasteiger partial charge in [-0.2, -0.15) is 0 Å². The first kappa shape index (κ1) is 19.1. The smallest absolute Gasteiger partial charge is 0.251 e. The summed E-state index contributed by atoms with van der Waals surface area (Å²) in [7, 11) is 0. The van der Waals surface area contributed by atoms with Crippen LogP contribution in [0, 0.1) is 0 Å². The summed E-state index contributed by atoms with van der Waals surface area (Å²) in [4.78, 5) is 6.49. The molecular weight excluding hydrogens is 314 g/mol. The molecule has 5 nitrogen and oxygen atoms in total. The second-order valence-corrected chi connectivity index (χ2v) is 6.31. The molecule has 0 aromatic heterocycles. The SMILES string of the molecule is CCNC(=NCCC1=CCOCC1)NC1CCN(CC(F)F)CC1. The van der Waals surface area contributed by atoms with E-state index < -0.39 is 6.43 Å². The Kier molecular flexibility index (Phi) is 8.45. The van der Waals surface area contributed by atoms with E-state index in [2.05, 4.69) is 21.7 Å². The first-order valence-electron chi connectivity index (χ1n) is 8.98. The van der Waals surface area contributed by atoms with E-state index in [1.807, 2.05) is 11.8 Å². The van der Waals surface area contributed by atoms with Crippen molar-refractivity contribution in [3.05, 3.63) is 11.6 Å². The normalized spacial score (nSPS) is 21.0. The van der Waals surface area contributed by atoms with Crippen molar-refractivity contribution in [3.63, 3.8) is 0 Å². The molecule has 0 atom stereocenters. The Morgan fingerprint density at radius 2 is 2.21 bits per heavy atom. The molecule has 0 aliphatic carbocycles. The van der Waals surface area contributed by atoms with Crippen LogP contribution in [0.1, 0.15) is 32.6 Å². The molecule has 2 heterocycles. The van der Waals surface area contributed by atoms with Crippen LogP contribution in [0.2, 0.25) is 0 Å². The van der Waals surface area contributed by atoms with E-state index in [0.717, 1.165) is 51.3 Å². The molecule has 2 N–H and O–H groups in total. The van der Waals surface area contributed by atoms with E-state index >= 15 is 0 Å². The fourth-order valence-electron chi connectivity index (χ4n) is 3.07. The molecule has 0 saturated carbocycles. The third-order valence-electron chi connectivity index (χ3n) is 4.43. The van der Waals surface area contributed by atoms with Crippen molar-refractivity contribution in [3.8, 4) is 0 Å². The number of hydrogen-bond acceptors (Lipinski definition) is 3. The van der Waals surface area contributed by atoms with Crippen LogP contribution in [0.4, 0.5) is 8.78 Å². The predicted molar refractivity (Wildman–Crippen MR) is 92.7 cm³/mol. The zero-order chi connectivity index (χ0) is 17.2. The molecule has 0 aromatic rings. The number of guanidine groups is 1. The van der Waals surface area contributed by atoms with E-state index in [1.54, 1.807) is 0 Å². The minimum absolute atomic E-state index is 0.111. The Labute approximate surface area is 143 Å². The van der Waals surface area contributed by atoms with Gasteiger partial charge in [0.2, 0.25) is 0 Å². The molecule has 1 saturated heterocycles. The number of halogens is 2. The number of ether oxygens (including phenoxy) is 1. The fourth-order valence-corrected chi connectivity index (χ4v) is 3.07. The topological polar surface area (TPSA) is 48.9 Å². The minimum atomic E-state index is -2.24. The van der Waals surface area contributed by atoms with Crippen LogP contribution in [0.15, 0.2) is 16.6 Å². The van der Waals surface area contributed by atoms with Gasteiger partial charge in [-0.25, -0.2) is 8.78 Å². The van der Waals surface area contributed by atoms with Gasteiger partial charge in [-0.15, -0.1) is 0 Å². The lowest BCUT2D eigenvalue weighted by molar-refractivity contribution is 0.0744. The highest BCUT2D eigenvalue weighted by Gasteiger charge is 2.21. The van der Waals surface area contributed by atoms with Crippen molar-refractivity contribution in [2.45, 2.75) is 45.1 Å². The molecule has 0 unspecified atom stereocenters. The lowest BCUT2D eigenvalue weighted by atomic mass is 10.1. The molecule has 138 valence electrons. The molecule has 2 rings (SSSR count). The summed E-state index contributed by atoms with van der Waals surface area (Å²) >= 11 is 0. The molecule has 0 amide bonds. The highest BCUT2D eigenvalue weighted by Crippen LogP contribution is 2.13. The summed E-state index contributed by atoms with van der Waals surface area (Å²) in [6.45, 7) is 6.46. The van der Waals surface area contributed by atoms with Crippen LogP contribution in [-0.4, -0.2) is 69.3 Å². The standard InChI is InChI=1S/C17H30F2N4O/c1-2-20-17(21-8-3-14-6-11-24-12-7-14)22-15-4-9-23(10-5-15)13-16(18)19/h6,15-16H,2-5,7-13H2,1H3,(H2,20,21,22). The highest BCUT2D eigenvalue weighted by molar-refractivity contribution is 5.80. The third kappa shape index (κ3) is 7.13. The summed E-state index contributed by atoms with van der Waals surface area (Å²) in [5, 5.41) is 6.72.